The molecule has 2 N–H and O–H groups in total. The van der Waals surface area contributed by atoms with Gasteiger partial charge in [-0.25, -0.2) is 0 Å². The predicted molar refractivity (Wildman–Crippen MR) is 108 cm³/mol. The number of hydrogen-bond acceptors (Lipinski definition) is 4. The summed E-state index contributed by atoms with van der Waals surface area (Å²) in [5, 5.41) is 11.0. The smallest absolute Gasteiger partial charge is 0.255 e. The molecule has 0 aliphatic rings. The lowest BCUT2D eigenvalue weighted by Gasteiger charge is -2.10. The number of amides is 1. The van der Waals surface area contributed by atoms with E-state index >= 15 is 0 Å². The summed E-state index contributed by atoms with van der Waals surface area (Å²) >= 11 is 0. The lowest BCUT2D eigenvalue weighted by molar-refractivity contribution is 0.0945. The van der Waals surface area contributed by atoms with Crippen LogP contribution in [0.5, 0.6) is 5.75 Å². The van der Waals surface area contributed by atoms with Crippen LogP contribution < -0.4 is 10.1 Å². The SMILES string of the molecule is COc1c(C(=O)NCc2ccco2)ccc2[nH]nc(C=Cc3ccccc3)c12. The first-order valence-electron chi connectivity index (χ1n) is 8.85. The maximum atomic E-state index is 12.7. The second-order valence-corrected chi connectivity index (χ2v) is 6.18. The van der Waals surface area contributed by atoms with Gasteiger partial charge in [0.1, 0.15) is 11.5 Å². The fourth-order valence-electron chi connectivity index (χ4n) is 3.03. The van der Waals surface area contributed by atoms with Gasteiger partial charge in [0.15, 0.2) is 0 Å². The number of H-pyrrole nitrogens is 1. The van der Waals surface area contributed by atoms with E-state index in [0.717, 1.165) is 16.5 Å². The van der Waals surface area contributed by atoms with Gasteiger partial charge in [0.2, 0.25) is 0 Å². The van der Waals surface area contributed by atoms with Crippen molar-refractivity contribution < 1.29 is 13.9 Å². The van der Waals surface area contributed by atoms with Crippen molar-refractivity contribution in [2.45, 2.75) is 6.54 Å². The van der Waals surface area contributed by atoms with Crippen LogP contribution in [0.1, 0.15) is 27.4 Å². The molecule has 6 heteroatoms. The van der Waals surface area contributed by atoms with Crippen molar-refractivity contribution in [2.75, 3.05) is 7.11 Å². The summed E-state index contributed by atoms with van der Waals surface area (Å²) in [5.41, 5.74) is 3.01. The molecule has 2 aromatic carbocycles. The molecule has 28 heavy (non-hydrogen) atoms. The van der Waals surface area contributed by atoms with Crippen LogP contribution in [0.15, 0.2) is 65.3 Å². The summed E-state index contributed by atoms with van der Waals surface area (Å²) in [6.45, 7) is 0.305. The summed E-state index contributed by atoms with van der Waals surface area (Å²) in [4.78, 5) is 12.7. The molecule has 0 bridgehead atoms. The Kier molecular flexibility index (Phi) is 4.93. The summed E-state index contributed by atoms with van der Waals surface area (Å²) in [7, 11) is 1.55. The number of carbonyl (C=O) groups is 1. The standard InChI is InChI=1S/C22H19N3O3/c1-27-21-17(22(26)23-14-16-8-5-13-28-16)10-12-19-20(21)18(24-25-19)11-9-15-6-3-2-4-7-15/h2-13H,14H2,1H3,(H,23,26)(H,24,25). The van der Waals surface area contributed by atoms with Crippen molar-refractivity contribution in [3.05, 3.63) is 83.4 Å². The number of furan rings is 1. The van der Waals surface area contributed by atoms with Crippen LogP contribution in [0, 0.1) is 0 Å². The fraction of sp³-hybridized carbons (Fsp3) is 0.0909. The molecule has 0 aliphatic heterocycles. The predicted octanol–water partition coefficient (Wildman–Crippen LogP) is 4.26. The molecule has 0 radical (unpaired) electrons. The Morgan fingerprint density at radius 1 is 1.14 bits per heavy atom. The van der Waals surface area contributed by atoms with Crippen molar-refractivity contribution in [1.82, 2.24) is 15.5 Å². The van der Waals surface area contributed by atoms with Crippen molar-refractivity contribution in [3.63, 3.8) is 0 Å². The molecular formula is C22H19N3O3. The Balaban J connectivity index is 1.66. The number of aromatic amines is 1. The van der Waals surface area contributed by atoms with Gasteiger partial charge in [-0.15, -0.1) is 0 Å². The summed E-state index contributed by atoms with van der Waals surface area (Å²) < 4.78 is 10.8. The van der Waals surface area contributed by atoms with Gasteiger partial charge in [0, 0.05) is 0 Å². The number of methoxy groups -OCH3 is 1. The monoisotopic (exact) mass is 373 g/mol. The van der Waals surface area contributed by atoms with E-state index < -0.39 is 0 Å². The zero-order chi connectivity index (χ0) is 19.3. The lowest BCUT2D eigenvalue weighted by Crippen LogP contribution is -2.23. The number of fused-ring (bicyclic) bond motifs is 1. The Bertz CT molecular complexity index is 1110. The van der Waals surface area contributed by atoms with Crippen LogP contribution in [-0.2, 0) is 6.54 Å². The van der Waals surface area contributed by atoms with E-state index in [2.05, 4.69) is 15.5 Å². The molecule has 0 spiro atoms. The second kappa shape index (κ2) is 7.84. The number of hydrogen-bond donors (Lipinski definition) is 2. The van der Waals surface area contributed by atoms with Gasteiger partial charge in [0.05, 0.1) is 42.1 Å². The molecule has 0 saturated heterocycles. The van der Waals surface area contributed by atoms with E-state index in [1.807, 2.05) is 54.6 Å². The molecule has 4 rings (SSSR count). The highest BCUT2D eigenvalue weighted by atomic mass is 16.5. The van der Waals surface area contributed by atoms with E-state index in [1.165, 1.54) is 0 Å². The fourth-order valence-corrected chi connectivity index (χ4v) is 3.03. The summed E-state index contributed by atoms with van der Waals surface area (Å²) in [6.07, 6.45) is 5.45. The van der Waals surface area contributed by atoms with Gasteiger partial charge in [0.25, 0.3) is 5.91 Å². The third kappa shape index (κ3) is 3.53. The Labute approximate surface area is 161 Å². The highest BCUT2D eigenvalue weighted by Crippen LogP contribution is 2.32. The number of nitrogens with zero attached hydrogens (tertiary/aromatic N) is 1. The maximum absolute atomic E-state index is 12.7. The van der Waals surface area contributed by atoms with Crippen molar-refractivity contribution in [1.29, 1.82) is 0 Å². The van der Waals surface area contributed by atoms with Crippen LogP contribution in [0.25, 0.3) is 23.1 Å². The number of benzene rings is 2. The minimum atomic E-state index is -0.241. The third-order valence-electron chi connectivity index (χ3n) is 4.40. The van der Waals surface area contributed by atoms with E-state index in [9.17, 15) is 4.79 Å². The lowest BCUT2D eigenvalue weighted by atomic mass is 10.1. The molecule has 1 amide bonds. The van der Waals surface area contributed by atoms with Crippen LogP contribution >= 0.6 is 0 Å². The highest BCUT2D eigenvalue weighted by molar-refractivity contribution is 6.05. The van der Waals surface area contributed by atoms with Crippen molar-refractivity contribution in [3.8, 4) is 5.75 Å². The van der Waals surface area contributed by atoms with Crippen molar-refractivity contribution >= 4 is 29.0 Å². The van der Waals surface area contributed by atoms with Crippen LogP contribution in [0.3, 0.4) is 0 Å². The topological polar surface area (TPSA) is 80.1 Å². The first kappa shape index (κ1) is 17.6. The molecule has 2 aromatic heterocycles. The average Bonchev–Trinajstić information content (AvgIpc) is 3.40. The first-order chi connectivity index (χ1) is 13.8. The Morgan fingerprint density at radius 2 is 2.00 bits per heavy atom. The molecular weight excluding hydrogens is 354 g/mol. The zero-order valence-corrected chi connectivity index (χ0v) is 15.3. The minimum absolute atomic E-state index is 0.241. The van der Waals surface area contributed by atoms with Gasteiger partial charge in [-0.2, -0.15) is 5.10 Å². The molecule has 6 nitrogen and oxygen atoms in total. The van der Waals surface area contributed by atoms with Crippen LogP contribution in [0.4, 0.5) is 0 Å². The number of ether oxygens (including phenoxy) is 1. The molecule has 0 fully saturated rings. The molecule has 2 heterocycles. The second-order valence-electron chi connectivity index (χ2n) is 6.18. The van der Waals surface area contributed by atoms with Crippen LogP contribution in [0.2, 0.25) is 0 Å². The average molecular weight is 373 g/mol. The quantitative estimate of drug-likeness (QED) is 0.529. The van der Waals surface area contributed by atoms with Gasteiger partial charge < -0.3 is 14.5 Å². The summed E-state index contributed by atoms with van der Waals surface area (Å²) in [6, 6.07) is 17.1. The molecule has 0 aliphatic carbocycles. The largest absolute Gasteiger partial charge is 0.495 e. The zero-order valence-electron chi connectivity index (χ0n) is 15.3. The number of aromatic nitrogens is 2. The normalized spacial score (nSPS) is 11.2. The number of rotatable bonds is 6. The molecule has 140 valence electrons. The molecule has 0 atom stereocenters. The van der Waals surface area contributed by atoms with Crippen LogP contribution in [-0.4, -0.2) is 23.2 Å². The van der Waals surface area contributed by atoms with Crippen molar-refractivity contribution in [2.24, 2.45) is 0 Å². The van der Waals surface area contributed by atoms with E-state index in [1.54, 1.807) is 25.5 Å². The number of carbonyl (C=O) groups excluding carboxylic acids is 1. The molecule has 0 saturated carbocycles. The first-order valence-corrected chi connectivity index (χ1v) is 8.85. The van der Waals surface area contributed by atoms with Gasteiger partial charge in [-0.05, 0) is 35.9 Å². The highest BCUT2D eigenvalue weighted by Gasteiger charge is 2.18. The minimum Gasteiger partial charge on any atom is -0.495 e. The molecule has 0 unspecified atom stereocenters. The maximum Gasteiger partial charge on any atom is 0.255 e. The molecule has 4 aromatic rings. The van der Waals surface area contributed by atoms with Gasteiger partial charge in [-0.1, -0.05) is 36.4 Å². The third-order valence-corrected chi connectivity index (χ3v) is 4.40. The number of nitrogens with one attached hydrogen (secondary N) is 2. The summed E-state index contributed by atoms with van der Waals surface area (Å²) in [5.74, 6) is 0.924. The van der Waals surface area contributed by atoms with E-state index in [0.29, 0.717) is 29.3 Å². The Hall–Kier alpha value is -3.80. The Morgan fingerprint density at radius 3 is 2.75 bits per heavy atom. The van der Waals surface area contributed by atoms with Gasteiger partial charge >= 0.3 is 0 Å². The van der Waals surface area contributed by atoms with E-state index in [-0.39, 0.29) is 5.91 Å². The van der Waals surface area contributed by atoms with E-state index in [4.69, 9.17) is 9.15 Å². The van der Waals surface area contributed by atoms with Gasteiger partial charge in [-0.3, -0.25) is 9.89 Å².